The average Bonchev–Trinajstić information content (AvgIpc) is 3.12. The lowest BCUT2D eigenvalue weighted by Gasteiger charge is -2.51. The molecule has 1 aromatic carbocycles. The topological polar surface area (TPSA) is 41.5 Å². The standard InChI is InChI=1S/C21H26N4O/c1-14-3-8-19(23-22-14)25-13-18(15-4-6-17(26-2)7-5-15)21-20(25)16-9-11-24(21)12-10-16/h3-8,16,18,20-21H,9-13H2,1-2H3/t18-,20+,21+/m0/s1. The molecule has 5 heterocycles. The SMILES string of the molecule is COc1ccc([C@@H]2CN(c3ccc(C)nn3)[C@@H]3C4CCN(CC4)[C@@H]32)cc1. The molecule has 5 heteroatoms. The zero-order chi connectivity index (χ0) is 17.7. The molecule has 4 aliphatic rings. The van der Waals surface area contributed by atoms with Gasteiger partial charge in [-0.2, -0.15) is 5.10 Å². The Morgan fingerprint density at radius 1 is 0.962 bits per heavy atom. The van der Waals surface area contributed by atoms with Crippen molar-refractivity contribution in [3.8, 4) is 5.75 Å². The first-order valence-electron chi connectivity index (χ1n) is 9.69. The number of nitrogens with zero attached hydrogens (tertiary/aromatic N) is 4. The maximum Gasteiger partial charge on any atom is 0.151 e. The van der Waals surface area contributed by atoms with E-state index in [1.807, 2.05) is 6.92 Å². The van der Waals surface area contributed by atoms with Crippen LogP contribution < -0.4 is 9.64 Å². The molecule has 2 bridgehead atoms. The van der Waals surface area contributed by atoms with E-state index in [1.54, 1.807) is 7.11 Å². The molecule has 0 radical (unpaired) electrons. The van der Waals surface area contributed by atoms with E-state index in [9.17, 15) is 0 Å². The molecule has 3 atom stereocenters. The minimum absolute atomic E-state index is 0.511. The van der Waals surface area contributed by atoms with Gasteiger partial charge in [-0.05, 0) is 68.6 Å². The minimum Gasteiger partial charge on any atom is -0.497 e. The highest BCUT2D eigenvalue weighted by Crippen LogP contribution is 2.47. The first-order valence-corrected chi connectivity index (χ1v) is 9.69. The Kier molecular flexibility index (Phi) is 3.85. The summed E-state index contributed by atoms with van der Waals surface area (Å²) in [6, 6.07) is 14.0. The first-order chi connectivity index (χ1) is 12.7. The molecule has 0 unspecified atom stereocenters. The van der Waals surface area contributed by atoms with Gasteiger partial charge in [-0.3, -0.25) is 4.90 Å². The summed E-state index contributed by atoms with van der Waals surface area (Å²) in [5, 5.41) is 8.85. The molecule has 4 aliphatic heterocycles. The van der Waals surface area contributed by atoms with Gasteiger partial charge in [-0.15, -0.1) is 5.10 Å². The number of methoxy groups -OCH3 is 1. The summed E-state index contributed by atoms with van der Waals surface area (Å²) >= 11 is 0. The van der Waals surface area contributed by atoms with Crippen molar-refractivity contribution < 1.29 is 4.74 Å². The maximum absolute atomic E-state index is 5.35. The molecule has 2 aromatic rings. The lowest BCUT2D eigenvalue weighted by atomic mass is 9.75. The number of anilines is 1. The third-order valence-electron chi connectivity index (χ3n) is 6.62. The highest BCUT2D eigenvalue weighted by molar-refractivity contribution is 5.46. The number of aromatic nitrogens is 2. The van der Waals surface area contributed by atoms with Crippen molar-refractivity contribution in [2.24, 2.45) is 5.92 Å². The van der Waals surface area contributed by atoms with E-state index in [4.69, 9.17) is 4.74 Å². The van der Waals surface area contributed by atoms with Crippen molar-refractivity contribution >= 4 is 5.82 Å². The van der Waals surface area contributed by atoms with Crippen LogP contribution in [0.3, 0.4) is 0 Å². The van der Waals surface area contributed by atoms with Gasteiger partial charge in [0.25, 0.3) is 0 Å². The van der Waals surface area contributed by atoms with Crippen LogP contribution in [-0.2, 0) is 0 Å². The van der Waals surface area contributed by atoms with Crippen molar-refractivity contribution in [2.45, 2.75) is 37.8 Å². The number of piperidine rings is 3. The van der Waals surface area contributed by atoms with Crippen LogP contribution in [0, 0.1) is 12.8 Å². The number of hydrogen-bond donors (Lipinski definition) is 0. The van der Waals surface area contributed by atoms with Gasteiger partial charge in [-0.1, -0.05) is 12.1 Å². The predicted molar refractivity (Wildman–Crippen MR) is 102 cm³/mol. The van der Waals surface area contributed by atoms with Crippen LogP contribution in [0.1, 0.15) is 30.0 Å². The Labute approximate surface area is 155 Å². The predicted octanol–water partition coefficient (Wildman–Crippen LogP) is 2.86. The second kappa shape index (κ2) is 6.23. The van der Waals surface area contributed by atoms with E-state index in [2.05, 4.69) is 56.4 Å². The molecule has 5 nitrogen and oxygen atoms in total. The Balaban J connectivity index is 1.52. The zero-order valence-electron chi connectivity index (χ0n) is 15.5. The van der Waals surface area contributed by atoms with Crippen molar-refractivity contribution in [3.63, 3.8) is 0 Å². The molecule has 136 valence electrons. The summed E-state index contributed by atoms with van der Waals surface area (Å²) in [7, 11) is 1.73. The molecular formula is C21H26N4O. The van der Waals surface area contributed by atoms with Crippen molar-refractivity contribution in [3.05, 3.63) is 47.7 Å². The molecular weight excluding hydrogens is 324 g/mol. The van der Waals surface area contributed by atoms with Gasteiger partial charge in [-0.25, -0.2) is 0 Å². The summed E-state index contributed by atoms with van der Waals surface area (Å²) in [5.41, 5.74) is 2.39. The lowest BCUT2D eigenvalue weighted by Crippen LogP contribution is -2.60. The van der Waals surface area contributed by atoms with Crippen LogP contribution in [0.4, 0.5) is 5.82 Å². The normalized spacial score (nSPS) is 32.5. The van der Waals surface area contributed by atoms with Gasteiger partial charge in [0.05, 0.1) is 12.8 Å². The number of ether oxygens (including phenoxy) is 1. The van der Waals surface area contributed by atoms with Gasteiger partial charge < -0.3 is 9.64 Å². The molecule has 0 aliphatic carbocycles. The van der Waals surface area contributed by atoms with Gasteiger partial charge in [0.2, 0.25) is 0 Å². The van der Waals surface area contributed by atoms with Crippen LogP contribution in [0.15, 0.2) is 36.4 Å². The third-order valence-corrected chi connectivity index (χ3v) is 6.62. The second-order valence-electron chi connectivity index (χ2n) is 7.92. The number of benzene rings is 1. The van der Waals surface area contributed by atoms with Crippen LogP contribution in [-0.4, -0.2) is 53.9 Å². The van der Waals surface area contributed by atoms with E-state index >= 15 is 0 Å². The largest absolute Gasteiger partial charge is 0.497 e. The molecule has 0 saturated carbocycles. The van der Waals surface area contributed by atoms with Crippen molar-refractivity contribution in [1.82, 2.24) is 15.1 Å². The Morgan fingerprint density at radius 3 is 2.38 bits per heavy atom. The molecule has 4 fully saturated rings. The second-order valence-corrected chi connectivity index (χ2v) is 7.92. The fraction of sp³-hybridized carbons (Fsp3) is 0.524. The number of hydrogen-bond acceptors (Lipinski definition) is 5. The summed E-state index contributed by atoms with van der Waals surface area (Å²) in [4.78, 5) is 5.27. The first kappa shape index (κ1) is 16.1. The molecule has 0 spiro atoms. The van der Waals surface area contributed by atoms with Crippen molar-refractivity contribution in [1.29, 1.82) is 0 Å². The average molecular weight is 350 g/mol. The van der Waals surface area contributed by atoms with E-state index in [0.717, 1.165) is 29.7 Å². The third kappa shape index (κ3) is 2.49. The van der Waals surface area contributed by atoms with Gasteiger partial charge in [0.1, 0.15) is 5.75 Å². The van der Waals surface area contributed by atoms with E-state index < -0.39 is 0 Å². The highest BCUT2D eigenvalue weighted by Gasteiger charge is 2.53. The Morgan fingerprint density at radius 2 is 1.73 bits per heavy atom. The van der Waals surface area contributed by atoms with Crippen LogP contribution in [0.5, 0.6) is 5.75 Å². The van der Waals surface area contributed by atoms with Crippen LogP contribution >= 0.6 is 0 Å². The fourth-order valence-corrected chi connectivity index (χ4v) is 5.37. The molecule has 26 heavy (non-hydrogen) atoms. The summed E-state index contributed by atoms with van der Waals surface area (Å²) in [6.45, 7) is 5.50. The number of fused-ring (bicyclic) bond motifs is 2. The summed E-state index contributed by atoms with van der Waals surface area (Å²) in [6.07, 6.45) is 2.62. The summed E-state index contributed by atoms with van der Waals surface area (Å²) < 4.78 is 5.35. The summed E-state index contributed by atoms with van der Waals surface area (Å²) in [5.74, 6) is 3.25. The fourth-order valence-electron chi connectivity index (χ4n) is 5.37. The Bertz CT molecular complexity index is 768. The molecule has 1 aromatic heterocycles. The molecule has 0 amide bonds. The van der Waals surface area contributed by atoms with Gasteiger partial charge in [0.15, 0.2) is 5.82 Å². The Hall–Kier alpha value is -2.14. The van der Waals surface area contributed by atoms with Crippen LogP contribution in [0.2, 0.25) is 0 Å². The van der Waals surface area contributed by atoms with Gasteiger partial charge >= 0.3 is 0 Å². The highest BCUT2D eigenvalue weighted by atomic mass is 16.5. The van der Waals surface area contributed by atoms with Crippen molar-refractivity contribution in [2.75, 3.05) is 31.6 Å². The van der Waals surface area contributed by atoms with Gasteiger partial charge in [0, 0.05) is 24.5 Å². The number of aryl methyl sites for hydroxylation is 1. The zero-order valence-corrected chi connectivity index (χ0v) is 15.5. The molecule has 0 N–H and O–H groups in total. The van der Waals surface area contributed by atoms with Crippen LogP contribution in [0.25, 0.3) is 0 Å². The van der Waals surface area contributed by atoms with E-state index in [1.165, 1.54) is 31.5 Å². The molecule has 4 saturated heterocycles. The van der Waals surface area contributed by atoms with E-state index in [-0.39, 0.29) is 0 Å². The molecule has 6 rings (SSSR count). The number of rotatable bonds is 3. The quantitative estimate of drug-likeness (QED) is 0.851. The maximum atomic E-state index is 5.35. The lowest BCUT2D eigenvalue weighted by molar-refractivity contribution is 0.0354. The minimum atomic E-state index is 0.511. The monoisotopic (exact) mass is 350 g/mol. The van der Waals surface area contributed by atoms with E-state index in [0.29, 0.717) is 18.0 Å². The smallest absolute Gasteiger partial charge is 0.151 e.